The van der Waals surface area contributed by atoms with Gasteiger partial charge in [-0.05, 0) is 6.92 Å². The normalized spacial score (nSPS) is 17.4. The Balaban J connectivity index is 3.76. The standard InChI is InChI=1S/C7H17NO2/c1-5(6(2)8)7(9-3)10-4/h5-7H,8H2,1-4H3. The monoisotopic (exact) mass is 147 g/mol. The van der Waals surface area contributed by atoms with Crippen molar-refractivity contribution < 1.29 is 9.47 Å². The summed E-state index contributed by atoms with van der Waals surface area (Å²) in [6, 6.07) is 0.102. The van der Waals surface area contributed by atoms with Crippen molar-refractivity contribution in [1.82, 2.24) is 0 Å². The van der Waals surface area contributed by atoms with Gasteiger partial charge in [-0.25, -0.2) is 0 Å². The Kier molecular flexibility index (Phi) is 4.60. The van der Waals surface area contributed by atoms with Gasteiger partial charge in [-0.15, -0.1) is 0 Å². The molecule has 0 amide bonds. The molecule has 10 heavy (non-hydrogen) atoms. The van der Waals surface area contributed by atoms with Crippen LogP contribution in [0.4, 0.5) is 0 Å². The first-order valence-electron chi connectivity index (χ1n) is 3.44. The Morgan fingerprint density at radius 1 is 1.10 bits per heavy atom. The van der Waals surface area contributed by atoms with Gasteiger partial charge in [-0.2, -0.15) is 0 Å². The van der Waals surface area contributed by atoms with E-state index in [0.717, 1.165) is 0 Å². The second-order valence-corrected chi connectivity index (χ2v) is 2.56. The lowest BCUT2D eigenvalue weighted by atomic mass is 10.0. The second-order valence-electron chi connectivity index (χ2n) is 2.56. The molecule has 0 saturated heterocycles. The Morgan fingerprint density at radius 2 is 1.50 bits per heavy atom. The summed E-state index contributed by atoms with van der Waals surface area (Å²) in [4.78, 5) is 0. The van der Waals surface area contributed by atoms with E-state index in [1.54, 1.807) is 14.2 Å². The fraction of sp³-hybridized carbons (Fsp3) is 1.00. The minimum atomic E-state index is -0.181. The number of nitrogens with two attached hydrogens (primary N) is 1. The second kappa shape index (κ2) is 4.66. The zero-order chi connectivity index (χ0) is 8.15. The fourth-order valence-electron chi connectivity index (χ4n) is 0.773. The number of ether oxygens (including phenoxy) is 2. The Hall–Kier alpha value is -0.120. The van der Waals surface area contributed by atoms with E-state index < -0.39 is 0 Å². The largest absolute Gasteiger partial charge is 0.356 e. The topological polar surface area (TPSA) is 44.5 Å². The predicted octanol–water partition coefficient (Wildman–Crippen LogP) is 0.589. The Bertz CT molecular complexity index is 81.7. The highest BCUT2D eigenvalue weighted by Crippen LogP contribution is 2.09. The lowest BCUT2D eigenvalue weighted by Crippen LogP contribution is -2.35. The van der Waals surface area contributed by atoms with Crippen molar-refractivity contribution in [2.45, 2.75) is 26.2 Å². The summed E-state index contributed by atoms with van der Waals surface area (Å²) in [6.07, 6.45) is -0.181. The van der Waals surface area contributed by atoms with Crippen molar-refractivity contribution in [3.63, 3.8) is 0 Å². The minimum absolute atomic E-state index is 0.102. The first-order chi connectivity index (χ1) is 4.63. The highest BCUT2D eigenvalue weighted by Gasteiger charge is 2.18. The number of hydrogen-bond donors (Lipinski definition) is 1. The van der Waals surface area contributed by atoms with E-state index in [1.807, 2.05) is 13.8 Å². The molecule has 0 aromatic carbocycles. The quantitative estimate of drug-likeness (QED) is 0.592. The number of methoxy groups -OCH3 is 2. The summed E-state index contributed by atoms with van der Waals surface area (Å²) >= 11 is 0. The van der Waals surface area contributed by atoms with Gasteiger partial charge >= 0.3 is 0 Å². The van der Waals surface area contributed by atoms with Gasteiger partial charge in [0, 0.05) is 26.2 Å². The van der Waals surface area contributed by atoms with E-state index in [0.29, 0.717) is 0 Å². The van der Waals surface area contributed by atoms with Crippen LogP contribution in [0.5, 0.6) is 0 Å². The van der Waals surface area contributed by atoms with Crippen LogP contribution in [0.1, 0.15) is 13.8 Å². The Labute approximate surface area is 62.5 Å². The summed E-state index contributed by atoms with van der Waals surface area (Å²) in [5.74, 6) is 0.231. The highest BCUT2D eigenvalue weighted by atomic mass is 16.7. The lowest BCUT2D eigenvalue weighted by Gasteiger charge is -2.23. The van der Waals surface area contributed by atoms with Crippen molar-refractivity contribution in [3.8, 4) is 0 Å². The van der Waals surface area contributed by atoms with Gasteiger partial charge in [0.25, 0.3) is 0 Å². The minimum Gasteiger partial charge on any atom is -0.356 e. The van der Waals surface area contributed by atoms with E-state index >= 15 is 0 Å². The van der Waals surface area contributed by atoms with Crippen LogP contribution >= 0.6 is 0 Å². The molecule has 3 heteroatoms. The molecule has 0 aliphatic heterocycles. The third-order valence-electron chi connectivity index (χ3n) is 1.72. The third-order valence-corrected chi connectivity index (χ3v) is 1.72. The summed E-state index contributed by atoms with van der Waals surface area (Å²) < 4.78 is 10.0. The summed E-state index contributed by atoms with van der Waals surface area (Å²) in [6.45, 7) is 3.94. The van der Waals surface area contributed by atoms with E-state index in [4.69, 9.17) is 15.2 Å². The molecular weight excluding hydrogens is 130 g/mol. The summed E-state index contributed by atoms with van der Waals surface area (Å²) in [7, 11) is 3.24. The van der Waals surface area contributed by atoms with Crippen LogP contribution in [0.3, 0.4) is 0 Å². The van der Waals surface area contributed by atoms with Crippen molar-refractivity contribution in [2.75, 3.05) is 14.2 Å². The molecule has 0 aromatic rings. The molecule has 0 aliphatic rings. The van der Waals surface area contributed by atoms with Gasteiger partial charge in [0.1, 0.15) is 0 Å². The maximum atomic E-state index is 5.63. The molecule has 0 saturated carbocycles. The molecule has 2 N–H and O–H groups in total. The average molecular weight is 147 g/mol. The maximum absolute atomic E-state index is 5.63. The molecule has 0 aromatic heterocycles. The molecule has 2 atom stereocenters. The molecule has 2 unspecified atom stereocenters. The number of rotatable bonds is 4. The SMILES string of the molecule is COC(OC)C(C)C(C)N. The van der Waals surface area contributed by atoms with Crippen LogP contribution in [0.15, 0.2) is 0 Å². The van der Waals surface area contributed by atoms with Gasteiger partial charge < -0.3 is 15.2 Å². The summed E-state index contributed by atoms with van der Waals surface area (Å²) in [5, 5.41) is 0. The third kappa shape index (κ3) is 2.64. The zero-order valence-electron chi connectivity index (χ0n) is 7.13. The van der Waals surface area contributed by atoms with Crippen LogP contribution in [-0.4, -0.2) is 26.6 Å². The fourth-order valence-corrected chi connectivity index (χ4v) is 0.773. The van der Waals surface area contributed by atoms with Gasteiger partial charge in [0.05, 0.1) is 0 Å². The summed E-state index contributed by atoms with van der Waals surface area (Å²) in [5.41, 5.74) is 5.63. The molecule has 0 bridgehead atoms. The van der Waals surface area contributed by atoms with Crippen LogP contribution in [-0.2, 0) is 9.47 Å². The van der Waals surface area contributed by atoms with Crippen molar-refractivity contribution in [1.29, 1.82) is 0 Å². The maximum Gasteiger partial charge on any atom is 0.160 e. The molecule has 0 fully saturated rings. The van der Waals surface area contributed by atoms with Crippen LogP contribution < -0.4 is 5.73 Å². The van der Waals surface area contributed by atoms with Crippen molar-refractivity contribution in [3.05, 3.63) is 0 Å². The molecule has 0 heterocycles. The predicted molar refractivity (Wildman–Crippen MR) is 40.6 cm³/mol. The van der Waals surface area contributed by atoms with Crippen LogP contribution in [0, 0.1) is 5.92 Å². The molecular formula is C7H17NO2. The molecule has 62 valence electrons. The Morgan fingerprint density at radius 3 is 1.60 bits per heavy atom. The van der Waals surface area contributed by atoms with Gasteiger partial charge in [-0.3, -0.25) is 0 Å². The molecule has 0 radical (unpaired) electrons. The van der Waals surface area contributed by atoms with E-state index in [1.165, 1.54) is 0 Å². The van der Waals surface area contributed by atoms with Gasteiger partial charge in [0.2, 0.25) is 0 Å². The molecule has 0 rings (SSSR count). The lowest BCUT2D eigenvalue weighted by molar-refractivity contribution is -0.136. The first-order valence-corrected chi connectivity index (χ1v) is 3.44. The molecule has 0 aliphatic carbocycles. The first kappa shape index (κ1) is 9.88. The van der Waals surface area contributed by atoms with Crippen LogP contribution in [0.25, 0.3) is 0 Å². The van der Waals surface area contributed by atoms with E-state index in [2.05, 4.69) is 0 Å². The van der Waals surface area contributed by atoms with Crippen molar-refractivity contribution >= 4 is 0 Å². The molecule has 0 spiro atoms. The highest BCUT2D eigenvalue weighted by molar-refractivity contribution is 4.66. The van der Waals surface area contributed by atoms with Gasteiger partial charge in [0.15, 0.2) is 6.29 Å². The van der Waals surface area contributed by atoms with Crippen molar-refractivity contribution in [2.24, 2.45) is 11.7 Å². The van der Waals surface area contributed by atoms with Gasteiger partial charge in [-0.1, -0.05) is 6.92 Å². The van der Waals surface area contributed by atoms with E-state index in [9.17, 15) is 0 Å². The van der Waals surface area contributed by atoms with E-state index in [-0.39, 0.29) is 18.2 Å². The number of hydrogen-bond acceptors (Lipinski definition) is 3. The smallest absolute Gasteiger partial charge is 0.160 e. The molecule has 3 nitrogen and oxygen atoms in total. The zero-order valence-corrected chi connectivity index (χ0v) is 7.13. The van der Waals surface area contributed by atoms with Crippen LogP contribution in [0.2, 0.25) is 0 Å². The average Bonchev–Trinajstić information content (AvgIpc) is 1.90.